The minimum absolute atomic E-state index is 0.0169. The molecule has 0 bridgehead atoms. The first-order valence-corrected chi connectivity index (χ1v) is 5.88. The Kier molecular flexibility index (Phi) is 4.38. The molecule has 0 aliphatic heterocycles. The van der Waals surface area contributed by atoms with Gasteiger partial charge in [0.1, 0.15) is 0 Å². The van der Waals surface area contributed by atoms with E-state index in [0.717, 1.165) is 9.35 Å². The second-order valence-corrected chi connectivity index (χ2v) is 4.92. The summed E-state index contributed by atoms with van der Waals surface area (Å²) in [4.78, 5) is 1.15. The van der Waals surface area contributed by atoms with Crippen LogP contribution in [-0.4, -0.2) is 12.7 Å². The average molecular weight is 264 g/mol. The van der Waals surface area contributed by atoms with E-state index in [0.29, 0.717) is 6.61 Å². The van der Waals surface area contributed by atoms with Crippen molar-refractivity contribution >= 4 is 27.3 Å². The van der Waals surface area contributed by atoms with Crippen molar-refractivity contribution < 1.29 is 4.74 Å². The Bertz CT molecular complexity index is 262. The van der Waals surface area contributed by atoms with Crippen molar-refractivity contribution in [1.29, 1.82) is 0 Å². The Labute approximate surface area is 91.2 Å². The first-order valence-electron chi connectivity index (χ1n) is 4.21. The van der Waals surface area contributed by atoms with Gasteiger partial charge in [0.25, 0.3) is 0 Å². The smallest absolute Gasteiger partial charge is 0.0671 e. The fraction of sp³-hybridized carbons (Fsp3) is 0.556. The molecular formula is C9H14BrNOS. The number of rotatable bonds is 4. The van der Waals surface area contributed by atoms with Crippen molar-refractivity contribution in [2.45, 2.75) is 26.0 Å². The maximum atomic E-state index is 5.94. The van der Waals surface area contributed by atoms with Gasteiger partial charge in [0.2, 0.25) is 0 Å². The Balaban J connectivity index is 2.49. The summed E-state index contributed by atoms with van der Waals surface area (Å²) in [6, 6.07) is 1.99. The Morgan fingerprint density at radius 1 is 1.62 bits per heavy atom. The number of ether oxygens (including phenoxy) is 1. The van der Waals surface area contributed by atoms with Crippen LogP contribution in [0.4, 0.5) is 0 Å². The minimum Gasteiger partial charge on any atom is -0.377 e. The van der Waals surface area contributed by atoms with E-state index in [9.17, 15) is 0 Å². The van der Waals surface area contributed by atoms with Crippen molar-refractivity contribution in [3.05, 3.63) is 20.8 Å². The van der Waals surface area contributed by atoms with Crippen molar-refractivity contribution in [3.63, 3.8) is 0 Å². The van der Waals surface area contributed by atoms with E-state index in [-0.39, 0.29) is 12.1 Å². The Morgan fingerprint density at radius 3 is 2.77 bits per heavy atom. The van der Waals surface area contributed by atoms with Gasteiger partial charge in [-0.15, -0.1) is 11.3 Å². The molecule has 0 spiro atoms. The summed E-state index contributed by atoms with van der Waals surface area (Å²) in [5.74, 6) is 0. The molecule has 1 rings (SSSR count). The number of nitrogens with two attached hydrogens (primary N) is 1. The average Bonchev–Trinajstić information content (AvgIpc) is 2.47. The highest BCUT2D eigenvalue weighted by molar-refractivity contribution is 9.10. The maximum absolute atomic E-state index is 5.94. The monoisotopic (exact) mass is 263 g/mol. The van der Waals surface area contributed by atoms with E-state index in [4.69, 9.17) is 10.5 Å². The third-order valence-corrected chi connectivity index (χ3v) is 3.59. The van der Waals surface area contributed by atoms with Crippen LogP contribution in [0.5, 0.6) is 0 Å². The zero-order chi connectivity index (χ0) is 9.84. The molecule has 1 aromatic heterocycles. The predicted octanol–water partition coefficient (Wildman–Crippen LogP) is 2.94. The quantitative estimate of drug-likeness (QED) is 0.907. The summed E-state index contributed by atoms with van der Waals surface area (Å²) in [5.41, 5.74) is 5.94. The topological polar surface area (TPSA) is 35.2 Å². The van der Waals surface area contributed by atoms with Gasteiger partial charge in [-0.05, 0) is 41.2 Å². The van der Waals surface area contributed by atoms with E-state index in [1.54, 1.807) is 11.3 Å². The number of hydrogen-bond acceptors (Lipinski definition) is 3. The molecule has 0 saturated carbocycles. The molecule has 1 aromatic rings. The van der Waals surface area contributed by atoms with Crippen LogP contribution in [0, 0.1) is 0 Å². The zero-order valence-electron chi connectivity index (χ0n) is 7.79. The predicted molar refractivity (Wildman–Crippen MR) is 60.0 cm³/mol. The summed E-state index contributed by atoms with van der Waals surface area (Å²) in [5, 5.41) is 2.02. The molecule has 0 aliphatic carbocycles. The summed E-state index contributed by atoms with van der Waals surface area (Å²) in [6.07, 6.45) is 0.241. The zero-order valence-corrected chi connectivity index (χ0v) is 10.2. The van der Waals surface area contributed by atoms with Crippen molar-refractivity contribution in [3.8, 4) is 0 Å². The van der Waals surface area contributed by atoms with Crippen LogP contribution in [0.3, 0.4) is 0 Å². The number of halogens is 1. The lowest BCUT2D eigenvalue weighted by Gasteiger charge is -2.13. The van der Waals surface area contributed by atoms with Crippen LogP contribution in [-0.2, 0) is 4.74 Å². The van der Waals surface area contributed by atoms with Crippen LogP contribution < -0.4 is 5.73 Å². The van der Waals surface area contributed by atoms with E-state index in [1.165, 1.54) is 0 Å². The van der Waals surface area contributed by atoms with Gasteiger partial charge in [0.15, 0.2) is 0 Å². The molecule has 0 aromatic carbocycles. The molecule has 1 atom stereocenters. The lowest BCUT2D eigenvalue weighted by Crippen LogP contribution is -2.18. The highest BCUT2D eigenvalue weighted by Gasteiger charge is 2.11. The van der Waals surface area contributed by atoms with Gasteiger partial charge in [-0.3, -0.25) is 0 Å². The minimum atomic E-state index is -0.0169. The van der Waals surface area contributed by atoms with E-state index < -0.39 is 0 Å². The molecule has 0 radical (unpaired) electrons. The summed E-state index contributed by atoms with van der Waals surface area (Å²) in [6.45, 7) is 4.60. The Hall–Kier alpha value is 0.100. The first kappa shape index (κ1) is 11.2. The van der Waals surface area contributed by atoms with E-state index >= 15 is 0 Å². The molecule has 0 fully saturated rings. The van der Waals surface area contributed by atoms with Crippen molar-refractivity contribution in [1.82, 2.24) is 0 Å². The molecule has 0 saturated heterocycles. The van der Waals surface area contributed by atoms with Gasteiger partial charge in [0, 0.05) is 9.35 Å². The molecule has 0 amide bonds. The SMILES string of the molecule is CC(C)OCC(N)c1sccc1Br. The van der Waals surface area contributed by atoms with E-state index in [1.807, 2.05) is 25.3 Å². The van der Waals surface area contributed by atoms with Gasteiger partial charge in [-0.1, -0.05) is 0 Å². The van der Waals surface area contributed by atoms with Gasteiger partial charge in [-0.25, -0.2) is 0 Å². The standard InChI is InChI=1S/C9H14BrNOS/c1-6(2)12-5-8(11)9-7(10)3-4-13-9/h3-4,6,8H,5,11H2,1-2H3. The second kappa shape index (κ2) is 5.10. The molecule has 2 nitrogen and oxygen atoms in total. The fourth-order valence-electron chi connectivity index (χ4n) is 0.942. The fourth-order valence-corrected chi connectivity index (χ4v) is 2.60. The highest BCUT2D eigenvalue weighted by Crippen LogP contribution is 2.27. The van der Waals surface area contributed by atoms with Crippen LogP contribution >= 0.6 is 27.3 Å². The summed E-state index contributed by atoms with van der Waals surface area (Å²) >= 11 is 5.11. The molecule has 1 heterocycles. The van der Waals surface area contributed by atoms with Gasteiger partial charge < -0.3 is 10.5 Å². The molecule has 74 valence electrons. The molecule has 1 unspecified atom stereocenters. The largest absolute Gasteiger partial charge is 0.377 e. The molecule has 4 heteroatoms. The van der Waals surface area contributed by atoms with Crippen molar-refractivity contribution in [2.24, 2.45) is 5.73 Å². The van der Waals surface area contributed by atoms with Gasteiger partial charge in [0.05, 0.1) is 18.8 Å². The van der Waals surface area contributed by atoms with Crippen LogP contribution in [0.1, 0.15) is 24.8 Å². The van der Waals surface area contributed by atoms with Gasteiger partial charge in [-0.2, -0.15) is 0 Å². The van der Waals surface area contributed by atoms with E-state index in [2.05, 4.69) is 15.9 Å². The molecular weight excluding hydrogens is 250 g/mol. The third-order valence-electron chi connectivity index (χ3n) is 1.59. The van der Waals surface area contributed by atoms with Crippen LogP contribution in [0.15, 0.2) is 15.9 Å². The molecule has 2 N–H and O–H groups in total. The summed E-state index contributed by atoms with van der Waals surface area (Å²) in [7, 11) is 0. The van der Waals surface area contributed by atoms with Crippen LogP contribution in [0.2, 0.25) is 0 Å². The normalized spacial score (nSPS) is 13.6. The lowest BCUT2D eigenvalue weighted by molar-refractivity contribution is 0.0687. The number of hydrogen-bond donors (Lipinski definition) is 1. The van der Waals surface area contributed by atoms with Crippen LogP contribution in [0.25, 0.3) is 0 Å². The maximum Gasteiger partial charge on any atom is 0.0671 e. The Morgan fingerprint density at radius 2 is 2.31 bits per heavy atom. The molecule has 0 aliphatic rings. The second-order valence-electron chi connectivity index (χ2n) is 3.12. The molecule has 13 heavy (non-hydrogen) atoms. The number of thiophene rings is 1. The first-order chi connectivity index (χ1) is 6.11. The highest BCUT2D eigenvalue weighted by atomic mass is 79.9. The summed E-state index contributed by atoms with van der Waals surface area (Å²) < 4.78 is 6.52. The van der Waals surface area contributed by atoms with Crippen molar-refractivity contribution in [2.75, 3.05) is 6.61 Å². The lowest BCUT2D eigenvalue weighted by atomic mass is 10.3. The van der Waals surface area contributed by atoms with Gasteiger partial charge >= 0.3 is 0 Å². The third kappa shape index (κ3) is 3.38.